The maximum absolute atomic E-state index is 12.9. The third-order valence-corrected chi connectivity index (χ3v) is 5.54. The van der Waals surface area contributed by atoms with Crippen molar-refractivity contribution in [3.63, 3.8) is 0 Å². The van der Waals surface area contributed by atoms with Gasteiger partial charge in [-0.25, -0.2) is 9.97 Å². The van der Waals surface area contributed by atoms with Crippen molar-refractivity contribution in [2.45, 2.75) is 25.7 Å². The Morgan fingerprint density at radius 1 is 1.00 bits per heavy atom. The molecule has 138 valence electrons. The number of hydrogen-bond donors (Lipinski definition) is 0. The molecule has 0 unspecified atom stereocenters. The van der Waals surface area contributed by atoms with Crippen molar-refractivity contribution in [3.05, 3.63) is 47.6 Å². The Morgan fingerprint density at radius 2 is 1.81 bits per heavy atom. The number of piperazine rings is 1. The molecule has 0 spiro atoms. The number of fused-ring (bicyclic) bond motifs is 2. The molecule has 1 saturated heterocycles. The first-order valence-electron chi connectivity index (χ1n) is 9.52. The summed E-state index contributed by atoms with van der Waals surface area (Å²) in [7, 11) is 0. The number of nitrogens with zero attached hydrogens (tertiary/aromatic N) is 5. The highest BCUT2D eigenvalue weighted by atomic mass is 16.5. The number of aryl methyl sites for hydroxylation is 1. The molecule has 5 rings (SSSR count). The fraction of sp³-hybridized carbons (Fsp3) is 0.400. The van der Waals surface area contributed by atoms with Crippen LogP contribution in [0.2, 0.25) is 0 Å². The first-order valence-corrected chi connectivity index (χ1v) is 9.52. The van der Waals surface area contributed by atoms with E-state index in [-0.39, 0.29) is 5.91 Å². The van der Waals surface area contributed by atoms with Gasteiger partial charge in [-0.05, 0) is 37.8 Å². The number of carbonyl (C=O) groups is 1. The molecule has 0 atom stereocenters. The number of anilines is 1. The second-order valence-electron chi connectivity index (χ2n) is 7.14. The van der Waals surface area contributed by atoms with E-state index >= 15 is 0 Å². The highest BCUT2D eigenvalue weighted by molar-refractivity contribution is 5.93. The summed E-state index contributed by atoms with van der Waals surface area (Å²) in [6, 6.07) is 8.02. The second kappa shape index (κ2) is 6.64. The monoisotopic (exact) mass is 363 g/mol. The van der Waals surface area contributed by atoms with Gasteiger partial charge in [-0.2, -0.15) is 0 Å². The summed E-state index contributed by atoms with van der Waals surface area (Å²) in [5.41, 5.74) is 2.93. The van der Waals surface area contributed by atoms with Crippen LogP contribution < -0.4 is 4.90 Å². The molecule has 0 N–H and O–H groups in total. The van der Waals surface area contributed by atoms with Crippen molar-refractivity contribution < 1.29 is 9.32 Å². The summed E-state index contributed by atoms with van der Waals surface area (Å²) in [5.74, 6) is 1.35. The van der Waals surface area contributed by atoms with Crippen LogP contribution in [0.15, 0.2) is 35.1 Å². The van der Waals surface area contributed by atoms with Gasteiger partial charge in [0, 0.05) is 37.1 Å². The first kappa shape index (κ1) is 16.2. The lowest BCUT2D eigenvalue weighted by Crippen LogP contribution is -2.49. The Morgan fingerprint density at radius 3 is 2.70 bits per heavy atom. The lowest BCUT2D eigenvalue weighted by Gasteiger charge is -2.35. The van der Waals surface area contributed by atoms with Crippen LogP contribution in [0.3, 0.4) is 0 Å². The topological polar surface area (TPSA) is 75.4 Å². The maximum Gasteiger partial charge on any atom is 0.292 e. The average Bonchev–Trinajstić information content (AvgIpc) is 3.17. The number of aromatic nitrogens is 3. The Balaban J connectivity index is 1.33. The number of hydrogen-bond acceptors (Lipinski definition) is 6. The van der Waals surface area contributed by atoms with Gasteiger partial charge in [-0.1, -0.05) is 17.3 Å². The van der Waals surface area contributed by atoms with Crippen LogP contribution >= 0.6 is 0 Å². The quantitative estimate of drug-likeness (QED) is 0.696. The van der Waals surface area contributed by atoms with E-state index in [0.29, 0.717) is 18.8 Å². The lowest BCUT2D eigenvalue weighted by molar-refractivity contribution is 0.0703. The number of rotatable bonds is 2. The molecular weight excluding hydrogens is 342 g/mol. The fourth-order valence-electron chi connectivity index (χ4n) is 4.07. The molecule has 3 heterocycles. The third kappa shape index (κ3) is 2.83. The Hall–Kier alpha value is -2.96. The first-order chi connectivity index (χ1) is 13.3. The van der Waals surface area contributed by atoms with Crippen LogP contribution in [0, 0.1) is 0 Å². The molecule has 1 amide bonds. The molecule has 27 heavy (non-hydrogen) atoms. The predicted molar refractivity (Wildman–Crippen MR) is 101 cm³/mol. The van der Waals surface area contributed by atoms with E-state index in [4.69, 9.17) is 4.52 Å². The maximum atomic E-state index is 12.9. The van der Waals surface area contributed by atoms with Gasteiger partial charge < -0.3 is 14.3 Å². The van der Waals surface area contributed by atoms with Gasteiger partial charge in [0.15, 0.2) is 0 Å². The van der Waals surface area contributed by atoms with Gasteiger partial charge >= 0.3 is 0 Å². The van der Waals surface area contributed by atoms with Crippen LogP contribution in [0.5, 0.6) is 0 Å². The third-order valence-electron chi connectivity index (χ3n) is 5.54. The van der Waals surface area contributed by atoms with Crippen molar-refractivity contribution in [3.8, 4) is 0 Å². The average molecular weight is 363 g/mol. The smallest absolute Gasteiger partial charge is 0.292 e. The zero-order chi connectivity index (χ0) is 18.2. The molecule has 1 aliphatic heterocycles. The molecule has 0 radical (unpaired) electrons. The van der Waals surface area contributed by atoms with E-state index in [0.717, 1.165) is 66.8 Å². The molecule has 0 saturated carbocycles. The summed E-state index contributed by atoms with van der Waals surface area (Å²) >= 11 is 0. The summed E-state index contributed by atoms with van der Waals surface area (Å²) < 4.78 is 5.43. The second-order valence-corrected chi connectivity index (χ2v) is 7.14. The normalized spacial score (nSPS) is 17.2. The summed E-state index contributed by atoms with van der Waals surface area (Å²) in [5, 5.41) is 5.16. The van der Waals surface area contributed by atoms with Gasteiger partial charge in [-0.15, -0.1) is 0 Å². The molecule has 0 bridgehead atoms. The van der Waals surface area contributed by atoms with E-state index in [1.807, 2.05) is 29.2 Å². The van der Waals surface area contributed by atoms with E-state index in [1.54, 1.807) is 6.33 Å². The molecule has 2 aliphatic rings. The van der Waals surface area contributed by atoms with Gasteiger partial charge in [0.2, 0.25) is 5.76 Å². The largest absolute Gasteiger partial charge is 0.352 e. The highest BCUT2D eigenvalue weighted by Crippen LogP contribution is 2.27. The molecule has 7 heteroatoms. The van der Waals surface area contributed by atoms with E-state index in [9.17, 15) is 4.79 Å². The fourth-order valence-corrected chi connectivity index (χ4v) is 4.07. The van der Waals surface area contributed by atoms with Crippen molar-refractivity contribution in [1.29, 1.82) is 0 Å². The van der Waals surface area contributed by atoms with Crippen LogP contribution in [0.1, 0.15) is 34.7 Å². The number of amides is 1. The van der Waals surface area contributed by atoms with E-state index < -0.39 is 0 Å². The standard InChI is InChI=1S/C20H21N5O2/c26-20(18-14-5-1-4-8-17(14)23-27-18)25-11-9-24(10-12-25)19-15-6-2-3-7-16(15)21-13-22-19/h2-3,6-7,13H,1,4-5,8-12H2. The molecule has 7 nitrogen and oxygen atoms in total. The zero-order valence-corrected chi connectivity index (χ0v) is 15.1. The minimum Gasteiger partial charge on any atom is -0.352 e. The van der Waals surface area contributed by atoms with Gasteiger partial charge in [0.05, 0.1) is 11.2 Å². The van der Waals surface area contributed by atoms with Crippen LogP contribution in [0.4, 0.5) is 5.82 Å². The minimum absolute atomic E-state index is 0.0298. The van der Waals surface area contributed by atoms with Crippen LogP contribution in [-0.2, 0) is 12.8 Å². The SMILES string of the molecule is O=C(c1onc2c1CCCC2)N1CCN(c2ncnc3ccccc23)CC1. The van der Waals surface area contributed by atoms with Crippen molar-refractivity contribution in [1.82, 2.24) is 20.0 Å². The van der Waals surface area contributed by atoms with E-state index in [1.165, 1.54) is 0 Å². The van der Waals surface area contributed by atoms with Crippen molar-refractivity contribution in [2.24, 2.45) is 0 Å². The van der Waals surface area contributed by atoms with E-state index in [2.05, 4.69) is 20.0 Å². The Bertz CT molecular complexity index is 986. The van der Waals surface area contributed by atoms with Gasteiger partial charge in [-0.3, -0.25) is 4.79 Å². The molecule has 1 aromatic carbocycles. The molecule has 1 aliphatic carbocycles. The minimum atomic E-state index is -0.0298. The number of carbonyl (C=O) groups excluding carboxylic acids is 1. The molecule has 2 aromatic heterocycles. The molecular formula is C20H21N5O2. The van der Waals surface area contributed by atoms with Gasteiger partial charge in [0.1, 0.15) is 12.1 Å². The highest BCUT2D eigenvalue weighted by Gasteiger charge is 2.30. The Labute approximate surface area is 157 Å². The summed E-state index contributed by atoms with van der Waals surface area (Å²) in [6.45, 7) is 2.77. The number of para-hydroxylation sites is 1. The molecule has 3 aromatic rings. The summed E-state index contributed by atoms with van der Waals surface area (Å²) in [6.07, 6.45) is 5.64. The van der Waals surface area contributed by atoms with Crippen molar-refractivity contribution >= 4 is 22.6 Å². The van der Waals surface area contributed by atoms with Crippen molar-refractivity contribution in [2.75, 3.05) is 31.1 Å². The molecule has 1 fully saturated rings. The number of benzene rings is 1. The van der Waals surface area contributed by atoms with Crippen LogP contribution in [-0.4, -0.2) is 52.1 Å². The lowest BCUT2D eigenvalue weighted by atomic mass is 9.96. The predicted octanol–water partition coefficient (Wildman–Crippen LogP) is 2.46. The summed E-state index contributed by atoms with van der Waals surface area (Å²) in [4.78, 5) is 25.9. The zero-order valence-electron chi connectivity index (χ0n) is 15.1. The van der Waals surface area contributed by atoms with Gasteiger partial charge in [0.25, 0.3) is 5.91 Å². The van der Waals surface area contributed by atoms with Crippen LogP contribution in [0.25, 0.3) is 10.9 Å². The Kier molecular flexibility index (Phi) is 3.99.